The molecule has 5 heteroatoms. The van der Waals surface area contributed by atoms with Crippen LogP contribution in [0.4, 0.5) is 5.69 Å². The summed E-state index contributed by atoms with van der Waals surface area (Å²) in [5, 5.41) is 2.93. The van der Waals surface area contributed by atoms with E-state index in [1.807, 2.05) is 11.0 Å². The van der Waals surface area contributed by atoms with Crippen molar-refractivity contribution < 1.29 is 9.59 Å². The van der Waals surface area contributed by atoms with E-state index in [1.165, 1.54) is 0 Å². The minimum Gasteiger partial charge on any atom is -0.398 e. The van der Waals surface area contributed by atoms with Crippen LogP contribution in [0.15, 0.2) is 24.3 Å². The maximum Gasteiger partial charge on any atom is 0.253 e. The van der Waals surface area contributed by atoms with Gasteiger partial charge in [-0.1, -0.05) is 12.1 Å². The van der Waals surface area contributed by atoms with E-state index in [4.69, 9.17) is 5.73 Å². The van der Waals surface area contributed by atoms with Crippen LogP contribution >= 0.6 is 0 Å². The Bertz CT molecular complexity index is 494. The van der Waals surface area contributed by atoms with E-state index in [-0.39, 0.29) is 11.8 Å². The number of hydrogen-bond donors (Lipinski definition) is 2. The molecular formula is C15H21N3O2. The molecule has 1 fully saturated rings. The summed E-state index contributed by atoms with van der Waals surface area (Å²) in [5.74, 6) is 0.432. The SMILES string of the molecule is CC(=O)N1CCC(CNC(=O)c2ccccc2N)CC1. The lowest BCUT2D eigenvalue weighted by atomic mass is 9.96. The maximum atomic E-state index is 12.0. The van der Waals surface area contributed by atoms with Gasteiger partial charge in [0.25, 0.3) is 5.91 Å². The van der Waals surface area contributed by atoms with E-state index in [9.17, 15) is 9.59 Å². The number of piperidine rings is 1. The highest BCUT2D eigenvalue weighted by molar-refractivity contribution is 5.99. The second-order valence-corrected chi connectivity index (χ2v) is 5.25. The number of amides is 2. The fourth-order valence-corrected chi connectivity index (χ4v) is 2.49. The van der Waals surface area contributed by atoms with Gasteiger partial charge in [-0.3, -0.25) is 9.59 Å². The van der Waals surface area contributed by atoms with Crippen molar-refractivity contribution in [2.75, 3.05) is 25.4 Å². The summed E-state index contributed by atoms with van der Waals surface area (Å²) in [4.78, 5) is 25.1. The molecule has 5 nitrogen and oxygen atoms in total. The summed E-state index contributed by atoms with van der Waals surface area (Å²) >= 11 is 0. The van der Waals surface area contributed by atoms with Crippen LogP contribution in [0.2, 0.25) is 0 Å². The first kappa shape index (κ1) is 14.4. The van der Waals surface area contributed by atoms with E-state index >= 15 is 0 Å². The molecule has 1 saturated heterocycles. The number of likely N-dealkylation sites (tertiary alicyclic amines) is 1. The van der Waals surface area contributed by atoms with Gasteiger partial charge in [0.05, 0.1) is 5.56 Å². The minimum atomic E-state index is -0.128. The monoisotopic (exact) mass is 275 g/mol. The van der Waals surface area contributed by atoms with E-state index < -0.39 is 0 Å². The highest BCUT2D eigenvalue weighted by Crippen LogP contribution is 2.17. The molecule has 1 aliphatic rings. The molecule has 0 saturated carbocycles. The number of nitrogen functional groups attached to an aromatic ring is 1. The molecule has 0 aromatic heterocycles. The molecule has 20 heavy (non-hydrogen) atoms. The van der Waals surface area contributed by atoms with Crippen molar-refractivity contribution in [1.82, 2.24) is 10.2 Å². The number of benzene rings is 1. The van der Waals surface area contributed by atoms with Crippen LogP contribution in [0.3, 0.4) is 0 Å². The minimum absolute atomic E-state index is 0.128. The normalized spacial score (nSPS) is 15.9. The fraction of sp³-hybridized carbons (Fsp3) is 0.467. The van der Waals surface area contributed by atoms with Crippen molar-refractivity contribution in [2.24, 2.45) is 5.92 Å². The zero-order valence-electron chi connectivity index (χ0n) is 11.8. The molecule has 1 aromatic rings. The smallest absolute Gasteiger partial charge is 0.253 e. The molecule has 0 radical (unpaired) electrons. The van der Waals surface area contributed by atoms with Gasteiger partial charge >= 0.3 is 0 Å². The predicted molar refractivity (Wildman–Crippen MR) is 78.2 cm³/mol. The Hall–Kier alpha value is -2.04. The average molecular weight is 275 g/mol. The van der Waals surface area contributed by atoms with E-state index in [0.717, 1.165) is 25.9 Å². The molecule has 0 aliphatic carbocycles. The van der Waals surface area contributed by atoms with Crippen LogP contribution in [0.1, 0.15) is 30.1 Å². The summed E-state index contributed by atoms with van der Waals surface area (Å²) in [5.41, 5.74) is 6.80. The molecule has 1 heterocycles. The van der Waals surface area contributed by atoms with E-state index in [1.54, 1.807) is 25.1 Å². The largest absolute Gasteiger partial charge is 0.398 e. The van der Waals surface area contributed by atoms with Gasteiger partial charge < -0.3 is 16.0 Å². The Kier molecular flexibility index (Phi) is 4.61. The average Bonchev–Trinajstić information content (AvgIpc) is 2.45. The number of anilines is 1. The van der Waals surface area contributed by atoms with Crippen molar-refractivity contribution in [3.8, 4) is 0 Å². The molecule has 2 amide bonds. The van der Waals surface area contributed by atoms with Crippen molar-refractivity contribution in [2.45, 2.75) is 19.8 Å². The fourth-order valence-electron chi connectivity index (χ4n) is 2.49. The molecule has 0 spiro atoms. The quantitative estimate of drug-likeness (QED) is 0.815. The third-order valence-electron chi connectivity index (χ3n) is 3.82. The maximum absolute atomic E-state index is 12.0. The lowest BCUT2D eigenvalue weighted by Gasteiger charge is -2.31. The third kappa shape index (κ3) is 3.50. The lowest BCUT2D eigenvalue weighted by molar-refractivity contribution is -0.130. The molecule has 3 N–H and O–H groups in total. The Morgan fingerprint density at radius 2 is 1.95 bits per heavy atom. The molecular weight excluding hydrogens is 254 g/mol. The molecule has 1 aliphatic heterocycles. The van der Waals surface area contributed by atoms with Gasteiger partial charge in [-0.2, -0.15) is 0 Å². The van der Waals surface area contributed by atoms with Crippen LogP contribution < -0.4 is 11.1 Å². The van der Waals surface area contributed by atoms with Crippen molar-refractivity contribution in [1.29, 1.82) is 0 Å². The van der Waals surface area contributed by atoms with Crippen LogP contribution in [-0.4, -0.2) is 36.3 Å². The van der Waals surface area contributed by atoms with Crippen molar-refractivity contribution in [3.05, 3.63) is 29.8 Å². The highest BCUT2D eigenvalue weighted by atomic mass is 16.2. The van der Waals surface area contributed by atoms with Crippen LogP contribution in [-0.2, 0) is 4.79 Å². The second-order valence-electron chi connectivity index (χ2n) is 5.25. The Balaban J connectivity index is 1.80. The van der Waals surface area contributed by atoms with Crippen molar-refractivity contribution in [3.63, 3.8) is 0 Å². The first-order chi connectivity index (χ1) is 9.58. The van der Waals surface area contributed by atoms with Crippen LogP contribution in [0, 0.1) is 5.92 Å². The number of para-hydroxylation sites is 1. The molecule has 1 aromatic carbocycles. The van der Waals surface area contributed by atoms with Crippen LogP contribution in [0.5, 0.6) is 0 Å². The van der Waals surface area contributed by atoms with Crippen LogP contribution in [0.25, 0.3) is 0 Å². The number of carbonyl (C=O) groups excluding carboxylic acids is 2. The van der Waals surface area contributed by atoms with Gasteiger partial charge in [0.2, 0.25) is 5.91 Å². The summed E-state index contributed by atoms with van der Waals surface area (Å²) in [6.07, 6.45) is 1.87. The number of nitrogens with one attached hydrogen (secondary N) is 1. The standard InChI is InChI=1S/C15H21N3O2/c1-11(19)18-8-6-12(7-9-18)10-17-15(20)13-4-2-3-5-14(13)16/h2-5,12H,6-10,16H2,1H3,(H,17,20). The topological polar surface area (TPSA) is 75.4 Å². The lowest BCUT2D eigenvalue weighted by Crippen LogP contribution is -2.40. The summed E-state index contributed by atoms with van der Waals surface area (Å²) in [7, 11) is 0. The number of nitrogens with two attached hydrogens (primary N) is 1. The number of nitrogens with zero attached hydrogens (tertiary/aromatic N) is 1. The Morgan fingerprint density at radius 1 is 1.30 bits per heavy atom. The summed E-state index contributed by atoms with van der Waals surface area (Å²) in [6, 6.07) is 7.06. The van der Waals surface area contributed by atoms with Gasteiger partial charge in [-0.25, -0.2) is 0 Å². The molecule has 2 rings (SSSR count). The first-order valence-corrected chi connectivity index (χ1v) is 6.96. The Labute approximate surface area is 119 Å². The third-order valence-corrected chi connectivity index (χ3v) is 3.82. The zero-order chi connectivity index (χ0) is 14.5. The molecule has 108 valence electrons. The van der Waals surface area contributed by atoms with Gasteiger partial charge in [-0.15, -0.1) is 0 Å². The van der Waals surface area contributed by atoms with E-state index in [0.29, 0.717) is 23.7 Å². The first-order valence-electron chi connectivity index (χ1n) is 6.96. The number of carbonyl (C=O) groups is 2. The zero-order valence-corrected chi connectivity index (χ0v) is 11.8. The van der Waals surface area contributed by atoms with Crippen molar-refractivity contribution >= 4 is 17.5 Å². The molecule has 0 bridgehead atoms. The van der Waals surface area contributed by atoms with Gasteiger partial charge in [-0.05, 0) is 30.9 Å². The highest BCUT2D eigenvalue weighted by Gasteiger charge is 2.21. The van der Waals surface area contributed by atoms with Gasteiger partial charge in [0.1, 0.15) is 0 Å². The number of rotatable bonds is 3. The summed E-state index contributed by atoms with van der Waals surface area (Å²) in [6.45, 7) is 3.80. The Morgan fingerprint density at radius 3 is 2.55 bits per heavy atom. The predicted octanol–water partition coefficient (Wildman–Crippen LogP) is 1.26. The van der Waals surface area contributed by atoms with E-state index in [2.05, 4.69) is 5.32 Å². The summed E-state index contributed by atoms with van der Waals surface area (Å²) < 4.78 is 0. The number of hydrogen-bond acceptors (Lipinski definition) is 3. The second kappa shape index (κ2) is 6.41. The van der Waals surface area contributed by atoms with Gasteiger partial charge in [0, 0.05) is 32.2 Å². The molecule has 0 unspecified atom stereocenters. The molecule has 0 atom stereocenters. The van der Waals surface area contributed by atoms with Gasteiger partial charge in [0.15, 0.2) is 0 Å².